The minimum absolute atomic E-state index is 0.299. The quantitative estimate of drug-likeness (QED) is 0.147. The van der Waals surface area contributed by atoms with Gasteiger partial charge in [0.05, 0.1) is 35.4 Å². The monoisotopic (exact) mass is 538 g/mol. The fourth-order valence-electron chi connectivity index (χ4n) is 3.86. The number of esters is 1. The zero-order chi connectivity index (χ0) is 27.6. The van der Waals surface area contributed by atoms with E-state index in [2.05, 4.69) is 10.3 Å². The predicted molar refractivity (Wildman–Crippen MR) is 142 cm³/mol. The van der Waals surface area contributed by atoms with Crippen molar-refractivity contribution in [3.63, 3.8) is 0 Å². The van der Waals surface area contributed by atoms with Gasteiger partial charge < -0.3 is 19.5 Å². The van der Waals surface area contributed by atoms with Crippen molar-refractivity contribution in [2.45, 2.75) is 59.0 Å². The van der Waals surface area contributed by atoms with Crippen molar-refractivity contribution in [1.29, 1.82) is 0 Å². The van der Waals surface area contributed by atoms with E-state index in [0.29, 0.717) is 33.6 Å². The Hall–Kier alpha value is -3.69. The lowest BCUT2D eigenvalue weighted by atomic mass is 10.0. The second kappa shape index (κ2) is 11.0. The summed E-state index contributed by atoms with van der Waals surface area (Å²) >= 11 is 6.02. The van der Waals surface area contributed by atoms with Crippen LogP contribution in [0.3, 0.4) is 0 Å². The number of pyridine rings is 1. The minimum Gasteiger partial charge on any atom is -0.569 e. The number of carbonyl (C=O) groups excluding carboxylic acids is 1. The Bertz CT molecular complexity index is 1340. The molecule has 9 nitrogen and oxygen atoms in total. The predicted octanol–water partition coefficient (Wildman–Crippen LogP) is 6.48. The minimum atomic E-state index is -0.513. The second-order valence-electron chi connectivity index (χ2n) is 10.1. The van der Waals surface area contributed by atoms with Gasteiger partial charge in [0, 0.05) is 22.3 Å². The van der Waals surface area contributed by atoms with E-state index >= 15 is 0 Å². The SMILES string of the molecule is Cc1ncc2c(c1OC(=O)c1ccc(C(C)O/N=[N+](/[O-])N(C)C(C)(C)C)cc1)CO[C@H]2c1ccc(Cl)cc1. The molecule has 0 bridgehead atoms. The first-order chi connectivity index (χ1) is 18.0. The summed E-state index contributed by atoms with van der Waals surface area (Å²) in [5.41, 5.74) is 3.90. The van der Waals surface area contributed by atoms with Crippen LogP contribution in [0, 0.1) is 12.1 Å². The van der Waals surface area contributed by atoms with Crippen LogP contribution in [0.15, 0.2) is 60.0 Å². The van der Waals surface area contributed by atoms with Gasteiger partial charge >= 0.3 is 5.97 Å². The van der Waals surface area contributed by atoms with E-state index in [4.69, 9.17) is 25.9 Å². The number of aromatic nitrogens is 1. The van der Waals surface area contributed by atoms with Gasteiger partial charge in [-0.05, 0) is 70.0 Å². The van der Waals surface area contributed by atoms with E-state index < -0.39 is 17.6 Å². The highest BCUT2D eigenvalue weighted by molar-refractivity contribution is 6.30. The average molecular weight is 539 g/mol. The standard InChI is InChI=1S/C28H31ClN4O5/c1-17-25(24-16-36-26(23(24)15-30-17)20-11-13-22(29)14-12-20)37-27(34)21-9-7-19(8-10-21)18(2)38-31-33(35)32(6)28(3,4)5/h7-15,18,26H,16H2,1-6H3/b33-31+/t18?,26-/m0/s1. The van der Waals surface area contributed by atoms with Crippen LogP contribution >= 0.6 is 11.6 Å². The molecule has 2 heterocycles. The highest BCUT2D eigenvalue weighted by Gasteiger charge is 2.30. The Morgan fingerprint density at radius 1 is 1.21 bits per heavy atom. The van der Waals surface area contributed by atoms with Crippen LogP contribution in [0.2, 0.25) is 5.02 Å². The van der Waals surface area contributed by atoms with Gasteiger partial charge in [0.1, 0.15) is 6.10 Å². The summed E-state index contributed by atoms with van der Waals surface area (Å²) in [7, 11) is 1.63. The molecule has 1 aromatic heterocycles. The normalized spacial score (nSPS) is 16.1. The fourth-order valence-corrected chi connectivity index (χ4v) is 3.98. The summed E-state index contributed by atoms with van der Waals surface area (Å²) in [5, 5.41) is 17.8. The lowest BCUT2D eigenvalue weighted by molar-refractivity contribution is -0.720. The molecular weight excluding hydrogens is 508 g/mol. The average Bonchev–Trinajstić information content (AvgIpc) is 3.32. The Morgan fingerprint density at radius 3 is 2.50 bits per heavy atom. The maximum absolute atomic E-state index is 13.0. The summed E-state index contributed by atoms with van der Waals surface area (Å²) in [6.07, 6.45) is 0.945. The Morgan fingerprint density at radius 2 is 1.87 bits per heavy atom. The number of halogens is 1. The topological polar surface area (TPSA) is 99.3 Å². The van der Waals surface area contributed by atoms with Crippen LogP contribution in [0.5, 0.6) is 5.75 Å². The molecule has 0 amide bonds. The van der Waals surface area contributed by atoms with Gasteiger partial charge in [0.15, 0.2) is 11.9 Å². The maximum atomic E-state index is 13.0. The molecule has 2 atom stereocenters. The molecule has 2 aromatic carbocycles. The molecule has 0 fully saturated rings. The molecule has 1 aliphatic rings. The Balaban J connectivity index is 1.46. The van der Waals surface area contributed by atoms with Crippen LogP contribution in [-0.2, 0) is 16.2 Å². The molecule has 0 spiro atoms. The number of hydrogen-bond donors (Lipinski definition) is 0. The van der Waals surface area contributed by atoms with Crippen LogP contribution in [-0.4, -0.2) is 33.5 Å². The number of hydrogen-bond acceptors (Lipinski definition) is 7. The van der Waals surface area contributed by atoms with Gasteiger partial charge in [0.25, 0.3) is 0 Å². The van der Waals surface area contributed by atoms with Crippen LogP contribution < -0.4 is 4.74 Å². The van der Waals surface area contributed by atoms with E-state index in [-0.39, 0.29) is 6.10 Å². The number of fused-ring (bicyclic) bond motifs is 1. The number of hydrazine groups is 1. The second-order valence-corrected chi connectivity index (χ2v) is 10.6. The molecule has 0 radical (unpaired) electrons. The number of rotatable bonds is 7. The van der Waals surface area contributed by atoms with Crippen molar-refractivity contribution < 1.29 is 24.1 Å². The first kappa shape index (κ1) is 27.3. The van der Waals surface area contributed by atoms with E-state index in [9.17, 15) is 10.0 Å². The molecule has 38 heavy (non-hydrogen) atoms. The molecule has 0 saturated heterocycles. The zero-order valence-corrected chi connectivity index (χ0v) is 23.0. The van der Waals surface area contributed by atoms with Crippen molar-refractivity contribution in [2.75, 3.05) is 7.05 Å². The van der Waals surface area contributed by atoms with Crippen molar-refractivity contribution >= 4 is 17.6 Å². The smallest absolute Gasteiger partial charge is 0.343 e. The van der Waals surface area contributed by atoms with E-state index in [1.54, 1.807) is 51.4 Å². The number of benzene rings is 2. The lowest BCUT2D eigenvalue weighted by Gasteiger charge is -2.26. The third-order valence-corrected chi connectivity index (χ3v) is 6.76. The number of carbonyl (C=O) groups is 1. The zero-order valence-electron chi connectivity index (χ0n) is 22.3. The number of nitrogens with zero attached hydrogens (tertiary/aromatic N) is 4. The molecular formula is C28H31ClN4O5. The molecule has 0 saturated carbocycles. The number of aryl methyl sites for hydroxylation is 1. The molecule has 10 heteroatoms. The molecule has 0 aliphatic carbocycles. The fraction of sp³-hybridized carbons (Fsp3) is 0.357. The summed E-state index contributed by atoms with van der Waals surface area (Å²) in [4.78, 5) is 23.2. The highest BCUT2D eigenvalue weighted by atomic mass is 35.5. The van der Waals surface area contributed by atoms with E-state index in [1.807, 2.05) is 45.0 Å². The van der Waals surface area contributed by atoms with Gasteiger partial charge in [-0.25, -0.2) is 4.79 Å². The molecule has 0 N–H and O–H groups in total. The highest BCUT2D eigenvalue weighted by Crippen LogP contribution is 2.41. The first-order valence-electron chi connectivity index (χ1n) is 12.2. The molecule has 3 aromatic rings. The Labute approximate surface area is 227 Å². The van der Waals surface area contributed by atoms with Gasteiger partial charge in [-0.3, -0.25) is 4.98 Å². The summed E-state index contributed by atoms with van der Waals surface area (Å²) in [5.74, 6) is -0.109. The third kappa shape index (κ3) is 5.89. The van der Waals surface area contributed by atoms with Crippen LogP contribution in [0.25, 0.3) is 0 Å². The summed E-state index contributed by atoms with van der Waals surface area (Å²) in [6, 6.07) is 14.2. The van der Waals surface area contributed by atoms with Gasteiger partial charge in [-0.1, -0.05) is 35.9 Å². The van der Waals surface area contributed by atoms with Crippen LogP contribution in [0.1, 0.15) is 78.2 Å². The van der Waals surface area contributed by atoms with Crippen molar-refractivity contribution in [3.8, 4) is 5.75 Å². The molecule has 200 valence electrons. The van der Waals surface area contributed by atoms with Crippen molar-refractivity contribution in [1.82, 2.24) is 9.99 Å². The molecule has 1 aliphatic heterocycles. The van der Waals surface area contributed by atoms with Crippen molar-refractivity contribution in [2.24, 2.45) is 5.28 Å². The molecule has 4 rings (SSSR count). The van der Waals surface area contributed by atoms with Gasteiger partial charge in [0.2, 0.25) is 5.28 Å². The maximum Gasteiger partial charge on any atom is 0.343 e. The number of ether oxygens (including phenoxy) is 2. The lowest BCUT2D eigenvalue weighted by Crippen LogP contribution is -2.42. The van der Waals surface area contributed by atoms with E-state index in [0.717, 1.165) is 22.3 Å². The van der Waals surface area contributed by atoms with Crippen molar-refractivity contribution in [3.05, 3.63) is 98.5 Å². The first-order valence-corrected chi connectivity index (χ1v) is 12.6. The van der Waals surface area contributed by atoms with Crippen LogP contribution in [0.4, 0.5) is 0 Å². The van der Waals surface area contributed by atoms with Gasteiger partial charge in [-0.2, -0.15) is 0 Å². The summed E-state index contributed by atoms with van der Waals surface area (Å²) in [6.45, 7) is 9.53. The largest absolute Gasteiger partial charge is 0.569 e. The summed E-state index contributed by atoms with van der Waals surface area (Å²) < 4.78 is 11.8. The molecule has 1 unspecified atom stereocenters. The van der Waals surface area contributed by atoms with E-state index in [1.165, 1.54) is 5.01 Å². The third-order valence-electron chi connectivity index (χ3n) is 6.51. The van der Waals surface area contributed by atoms with Gasteiger partial charge in [-0.15, -0.1) is 5.01 Å². The Kier molecular flexibility index (Phi) is 7.89.